The predicted molar refractivity (Wildman–Crippen MR) is 105 cm³/mol. The normalized spacial score (nSPS) is 11.7. The van der Waals surface area contributed by atoms with E-state index in [9.17, 15) is 4.79 Å². The first-order chi connectivity index (χ1) is 14.1. The summed E-state index contributed by atoms with van der Waals surface area (Å²) in [4.78, 5) is 16.5. The van der Waals surface area contributed by atoms with Gasteiger partial charge < -0.3 is 24.1 Å². The van der Waals surface area contributed by atoms with Gasteiger partial charge >= 0.3 is 0 Å². The topological polar surface area (TPSA) is 95.7 Å². The Morgan fingerprint density at radius 3 is 2.59 bits per heavy atom. The maximum absolute atomic E-state index is 12.1. The molecule has 0 spiro atoms. The number of nitrogens with zero attached hydrogens (tertiary/aromatic N) is 2. The van der Waals surface area contributed by atoms with Gasteiger partial charge in [-0.05, 0) is 30.7 Å². The second kappa shape index (κ2) is 9.70. The Kier molecular flexibility index (Phi) is 6.80. The van der Waals surface area contributed by atoms with Crippen molar-refractivity contribution >= 4 is 5.91 Å². The predicted octanol–water partition coefficient (Wildman–Crippen LogP) is 3.15. The molecule has 3 aromatic rings. The zero-order chi connectivity index (χ0) is 20.6. The molecule has 29 heavy (non-hydrogen) atoms. The van der Waals surface area contributed by atoms with Crippen LogP contribution in [0.4, 0.5) is 0 Å². The fourth-order valence-electron chi connectivity index (χ4n) is 2.68. The minimum absolute atomic E-state index is 0.0596. The summed E-state index contributed by atoms with van der Waals surface area (Å²) < 4.78 is 21.3. The average molecular weight is 397 g/mol. The zero-order valence-corrected chi connectivity index (χ0v) is 16.5. The largest absolute Gasteiger partial charge is 0.493 e. The molecule has 1 atom stereocenters. The van der Waals surface area contributed by atoms with Gasteiger partial charge in [0, 0.05) is 5.56 Å². The summed E-state index contributed by atoms with van der Waals surface area (Å²) in [6.07, 6.45) is 0. The van der Waals surface area contributed by atoms with Crippen LogP contribution in [0.15, 0.2) is 53.1 Å². The summed E-state index contributed by atoms with van der Waals surface area (Å²) in [7, 11) is 3.12. The van der Waals surface area contributed by atoms with Gasteiger partial charge in [-0.2, -0.15) is 4.98 Å². The van der Waals surface area contributed by atoms with E-state index in [1.807, 2.05) is 30.3 Å². The highest BCUT2D eigenvalue weighted by Gasteiger charge is 2.18. The summed E-state index contributed by atoms with van der Waals surface area (Å²) in [6, 6.07) is 14.5. The number of carbonyl (C=O) groups is 1. The molecule has 0 aliphatic carbocycles. The van der Waals surface area contributed by atoms with Gasteiger partial charge in [-0.1, -0.05) is 35.5 Å². The molecule has 0 bridgehead atoms. The molecule has 1 N–H and O–H groups in total. The number of rotatable bonds is 9. The zero-order valence-electron chi connectivity index (χ0n) is 16.5. The van der Waals surface area contributed by atoms with Crippen molar-refractivity contribution in [3.8, 4) is 22.9 Å². The number of nitrogens with one attached hydrogen (secondary N) is 1. The van der Waals surface area contributed by atoms with Gasteiger partial charge in [-0.3, -0.25) is 4.79 Å². The Bertz CT molecular complexity index is 942. The number of ether oxygens (including phenoxy) is 3. The fourth-order valence-corrected chi connectivity index (χ4v) is 2.68. The fraction of sp³-hybridized carbons (Fsp3) is 0.286. The maximum atomic E-state index is 12.1. The van der Waals surface area contributed by atoms with Crippen LogP contribution >= 0.6 is 0 Å². The molecule has 0 fully saturated rings. The van der Waals surface area contributed by atoms with E-state index in [1.54, 1.807) is 39.3 Å². The van der Waals surface area contributed by atoms with E-state index in [-0.39, 0.29) is 12.5 Å². The molecule has 1 heterocycles. The van der Waals surface area contributed by atoms with E-state index < -0.39 is 6.04 Å². The van der Waals surface area contributed by atoms with Gasteiger partial charge in [-0.25, -0.2) is 0 Å². The maximum Gasteiger partial charge on any atom is 0.249 e. The highest BCUT2D eigenvalue weighted by molar-refractivity contribution is 5.77. The van der Waals surface area contributed by atoms with E-state index in [0.29, 0.717) is 35.4 Å². The first-order valence-corrected chi connectivity index (χ1v) is 9.07. The molecule has 0 aliphatic heterocycles. The number of carbonyl (C=O) groups excluding carboxylic acids is 1. The van der Waals surface area contributed by atoms with Crippen LogP contribution < -0.4 is 14.8 Å². The van der Waals surface area contributed by atoms with Crippen LogP contribution in [0.3, 0.4) is 0 Å². The van der Waals surface area contributed by atoms with Crippen molar-refractivity contribution in [2.45, 2.75) is 19.6 Å². The summed E-state index contributed by atoms with van der Waals surface area (Å²) >= 11 is 0. The lowest BCUT2D eigenvalue weighted by Gasteiger charge is -2.10. The Balaban J connectivity index is 1.56. The van der Waals surface area contributed by atoms with Crippen molar-refractivity contribution in [1.82, 2.24) is 15.5 Å². The Hall–Kier alpha value is -3.39. The molecule has 0 unspecified atom stereocenters. The summed E-state index contributed by atoms with van der Waals surface area (Å²) in [5.41, 5.74) is 1.71. The quantitative estimate of drug-likeness (QED) is 0.592. The third-order valence-electron chi connectivity index (χ3n) is 4.18. The van der Waals surface area contributed by atoms with Crippen molar-refractivity contribution in [1.29, 1.82) is 0 Å². The molecule has 1 aromatic heterocycles. The van der Waals surface area contributed by atoms with Crippen LogP contribution in [-0.2, 0) is 16.1 Å². The van der Waals surface area contributed by atoms with Crippen molar-refractivity contribution < 1.29 is 23.5 Å². The highest BCUT2D eigenvalue weighted by Crippen LogP contribution is 2.31. The summed E-state index contributed by atoms with van der Waals surface area (Å²) in [5, 5.41) is 6.77. The lowest BCUT2D eigenvalue weighted by atomic mass is 10.2. The molecule has 3 rings (SSSR count). The Morgan fingerprint density at radius 1 is 1.10 bits per heavy atom. The molecule has 1 amide bonds. The van der Waals surface area contributed by atoms with Gasteiger partial charge in [0.05, 0.1) is 20.8 Å². The van der Waals surface area contributed by atoms with E-state index >= 15 is 0 Å². The molecule has 0 radical (unpaired) electrons. The van der Waals surface area contributed by atoms with E-state index in [2.05, 4.69) is 15.5 Å². The molecule has 0 aliphatic rings. The van der Waals surface area contributed by atoms with Crippen molar-refractivity contribution in [2.75, 3.05) is 20.8 Å². The van der Waals surface area contributed by atoms with Gasteiger partial charge in [0.25, 0.3) is 0 Å². The minimum atomic E-state index is -0.454. The van der Waals surface area contributed by atoms with Gasteiger partial charge in [0.2, 0.25) is 17.6 Å². The highest BCUT2D eigenvalue weighted by atomic mass is 16.5. The molecule has 0 saturated carbocycles. The summed E-state index contributed by atoms with van der Waals surface area (Å²) in [5.74, 6) is 1.59. The first-order valence-electron chi connectivity index (χ1n) is 9.07. The van der Waals surface area contributed by atoms with Crippen LogP contribution in [-0.4, -0.2) is 36.9 Å². The van der Waals surface area contributed by atoms with Gasteiger partial charge in [-0.15, -0.1) is 0 Å². The van der Waals surface area contributed by atoms with Gasteiger partial charge in [0.1, 0.15) is 12.6 Å². The second-order valence-corrected chi connectivity index (χ2v) is 6.29. The molecule has 8 nitrogen and oxygen atoms in total. The monoisotopic (exact) mass is 397 g/mol. The lowest BCUT2D eigenvalue weighted by Crippen LogP contribution is -2.30. The molecular weight excluding hydrogens is 374 g/mol. The molecule has 152 valence electrons. The minimum Gasteiger partial charge on any atom is -0.493 e. The number of methoxy groups -OCH3 is 2. The first kappa shape index (κ1) is 20.3. The molecule has 8 heteroatoms. The van der Waals surface area contributed by atoms with Crippen LogP contribution in [0.1, 0.15) is 24.4 Å². The van der Waals surface area contributed by atoms with Crippen LogP contribution in [0.5, 0.6) is 11.5 Å². The molecule has 2 aromatic carbocycles. The standard InChI is InChI=1S/C21H23N3O5/c1-14(22-19(25)13-28-12-15-7-5-4-6-8-15)21-23-20(24-29-21)16-9-10-17(26-2)18(11-16)27-3/h4-11,14H,12-13H2,1-3H3,(H,22,25)/t14-/m0/s1. The average Bonchev–Trinajstić information content (AvgIpc) is 3.24. The third kappa shape index (κ3) is 5.32. The van der Waals surface area contributed by atoms with E-state index in [1.165, 1.54) is 0 Å². The Labute approximate surface area is 168 Å². The van der Waals surface area contributed by atoms with Crippen molar-refractivity contribution in [3.63, 3.8) is 0 Å². The van der Waals surface area contributed by atoms with Crippen LogP contribution in [0, 0.1) is 0 Å². The molecular formula is C21H23N3O5. The van der Waals surface area contributed by atoms with Crippen molar-refractivity contribution in [3.05, 3.63) is 60.0 Å². The Morgan fingerprint density at radius 2 is 1.86 bits per heavy atom. The third-order valence-corrected chi connectivity index (χ3v) is 4.18. The SMILES string of the molecule is COc1ccc(-c2noc([C@H](C)NC(=O)COCc3ccccc3)n2)cc1OC. The van der Waals surface area contributed by atoms with E-state index in [0.717, 1.165) is 5.56 Å². The molecule has 0 saturated heterocycles. The smallest absolute Gasteiger partial charge is 0.249 e. The second-order valence-electron chi connectivity index (χ2n) is 6.29. The number of amides is 1. The number of benzene rings is 2. The van der Waals surface area contributed by atoms with Crippen LogP contribution in [0.25, 0.3) is 11.4 Å². The number of aromatic nitrogens is 2. The van der Waals surface area contributed by atoms with Crippen molar-refractivity contribution in [2.24, 2.45) is 0 Å². The van der Waals surface area contributed by atoms with Crippen LogP contribution in [0.2, 0.25) is 0 Å². The number of hydrogen-bond acceptors (Lipinski definition) is 7. The summed E-state index contributed by atoms with van der Waals surface area (Å²) in [6.45, 7) is 2.07. The van der Waals surface area contributed by atoms with Gasteiger partial charge in [0.15, 0.2) is 11.5 Å². The number of hydrogen-bond donors (Lipinski definition) is 1. The van der Waals surface area contributed by atoms with E-state index in [4.69, 9.17) is 18.7 Å². The lowest BCUT2D eigenvalue weighted by molar-refractivity contribution is -0.126.